The van der Waals surface area contributed by atoms with Gasteiger partial charge in [-0.25, -0.2) is 0 Å². The van der Waals surface area contributed by atoms with Gasteiger partial charge in [0.15, 0.2) is 0 Å². The molecule has 2 aromatic carbocycles. The van der Waals surface area contributed by atoms with E-state index in [4.69, 9.17) is 0 Å². The second-order valence-corrected chi connectivity index (χ2v) is 6.56. The Morgan fingerprint density at radius 2 is 1.57 bits per heavy atom. The van der Waals surface area contributed by atoms with Gasteiger partial charge in [-0.3, -0.25) is 0 Å². The first-order chi connectivity index (χ1) is 11.2. The lowest BCUT2D eigenvalue weighted by atomic mass is 9.89. The van der Waals surface area contributed by atoms with E-state index in [0.29, 0.717) is 0 Å². The summed E-state index contributed by atoms with van der Waals surface area (Å²) in [5, 5.41) is 18.9. The molecule has 0 radical (unpaired) electrons. The third-order valence-corrected chi connectivity index (χ3v) is 4.67. The molecule has 0 unspecified atom stereocenters. The number of aryl methyl sites for hydroxylation is 1. The van der Waals surface area contributed by atoms with Crippen molar-refractivity contribution in [3.8, 4) is 12.1 Å². The Kier molecular flexibility index (Phi) is 4.32. The summed E-state index contributed by atoms with van der Waals surface area (Å²) in [5.74, 6) is 0. The van der Waals surface area contributed by atoms with Gasteiger partial charge in [0.2, 0.25) is 0 Å². The van der Waals surface area contributed by atoms with Gasteiger partial charge in [0.05, 0.1) is 0 Å². The minimum atomic E-state index is 0.159. The van der Waals surface area contributed by atoms with Crippen LogP contribution in [0.4, 0.5) is 0 Å². The van der Waals surface area contributed by atoms with Gasteiger partial charge in [-0.1, -0.05) is 43.3 Å². The second kappa shape index (κ2) is 6.40. The van der Waals surface area contributed by atoms with Crippen molar-refractivity contribution < 1.29 is 0 Å². The van der Waals surface area contributed by atoms with Crippen LogP contribution in [-0.2, 0) is 6.42 Å². The number of rotatable bonds is 1. The minimum Gasteiger partial charge on any atom is -0.192 e. The third-order valence-electron chi connectivity index (χ3n) is 4.00. The van der Waals surface area contributed by atoms with Gasteiger partial charge >= 0.3 is 0 Å². The Morgan fingerprint density at radius 3 is 2.17 bits per heavy atom. The molecule has 0 spiro atoms. The Balaban J connectivity index is 2.44. The topological polar surface area (TPSA) is 47.6 Å². The fourth-order valence-corrected chi connectivity index (χ4v) is 3.30. The molecule has 0 heterocycles. The smallest absolute Gasteiger partial charge is 0.138 e. The molecule has 0 aliphatic heterocycles. The van der Waals surface area contributed by atoms with E-state index in [0.717, 1.165) is 37.8 Å². The van der Waals surface area contributed by atoms with Crippen LogP contribution in [-0.4, -0.2) is 0 Å². The number of fused-ring (bicyclic) bond motifs is 2. The van der Waals surface area contributed by atoms with Gasteiger partial charge in [-0.15, -0.1) is 0 Å². The second-order valence-electron chi connectivity index (χ2n) is 5.31. The fraction of sp³-hybridized carbons (Fsp3) is 0.100. The van der Waals surface area contributed by atoms with Gasteiger partial charge in [-0.2, -0.15) is 10.5 Å². The summed E-state index contributed by atoms with van der Waals surface area (Å²) < 4.78 is 1.08. The lowest BCUT2D eigenvalue weighted by molar-refractivity contribution is 1.14. The van der Waals surface area contributed by atoms with Crippen molar-refractivity contribution in [1.82, 2.24) is 0 Å². The van der Waals surface area contributed by atoms with Gasteiger partial charge in [0.25, 0.3) is 0 Å². The van der Waals surface area contributed by atoms with Crippen LogP contribution in [0.3, 0.4) is 0 Å². The van der Waals surface area contributed by atoms with Crippen LogP contribution in [0.15, 0.2) is 42.0 Å². The summed E-state index contributed by atoms with van der Waals surface area (Å²) >= 11 is 2.26. The fourth-order valence-electron chi connectivity index (χ4n) is 2.81. The first-order valence-corrected chi connectivity index (χ1v) is 8.41. The maximum Gasteiger partial charge on any atom is 0.138 e. The molecule has 1 aliphatic rings. The van der Waals surface area contributed by atoms with Gasteiger partial charge < -0.3 is 0 Å². The Hall–Kier alpha value is -2.37. The highest BCUT2D eigenvalue weighted by molar-refractivity contribution is 14.1. The summed E-state index contributed by atoms with van der Waals surface area (Å²) in [4.78, 5) is 0. The quantitative estimate of drug-likeness (QED) is 0.411. The Labute approximate surface area is 149 Å². The van der Waals surface area contributed by atoms with Crippen molar-refractivity contribution >= 4 is 40.3 Å². The lowest BCUT2D eigenvalue weighted by Crippen LogP contribution is -1.98. The summed E-state index contributed by atoms with van der Waals surface area (Å²) in [6.07, 6.45) is 5.02. The largest absolute Gasteiger partial charge is 0.192 e. The molecule has 110 valence electrons. The SMILES string of the molecule is CCc1ccc2c(c1)C(=C(C#N)C#N)c1cc(I)ccc1C=C2. The highest BCUT2D eigenvalue weighted by atomic mass is 127. The summed E-state index contributed by atoms with van der Waals surface area (Å²) in [6, 6.07) is 16.5. The third kappa shape index (κ3) is 2.81. The van der Waals surface area contributed by atoms with E-state index < -0.39 is 0 Å². The first kappa shape index (κ1) is 15.5. The summed E-state index contributed by atoms with van der Waals surface area (Å²) in [6.45, 7) is 2.10. The molecule has 2 aromatic rings. The van der Waals surface area contributed by atoms with Gasteiger partial charge in [-0.05, 0) is 69.0 Å². The average Bonchev–Trinajstić information content (AvgIpc) is 2.73. The normalized spacial score (nSPS) is 11.7. The maximum absolute atomic E-state index is 9.46. The number of allylic oxidation sites excluding steroid dienone is 1. The molecule has 0 N–H and O–H groups in total. The minimum absolute atomic E-state index is 0.159. The molecule has 3 heteroatoms. The highest BCUT2D eigenvalue weighted by Gasteiger charge is 2.20. The van der Waals surface area contributed by atoms with Crippen LogP contribution in [0, 0.1) is 26.2 Å². The van der Waals surface area contributed by atoms with E-state index in [1.807, 2.05) is 18.2 Å². The molecule has 23 heavy (non-hydrogen) atoms. The Morgan fingerprint density at radius 1 is 0.957 bits per heavy atom. The van der Waals surface area contributed by atoms with E-state index in [9.17, 15) is 10.5 Å². The van der Waals surface area contributed by atoms with Gasteiger partial charge in [0, 0.05) is 9.14 Å². The summed E-state index contributed by atoms with van der Waals surface area (Å²) in [7, 11) is 0. The summed E-state index contributed by atoms with van der Waals surface area (Å²) in [5.41, 5.74) is 6.05. The van der Waals surface area contributed by atoms with Crippen LogP contribution >= 0.6 is 22.6 Å². The molecule has 1 aliphatic carbocycles. The van der Waals surface area contributed by atoms with E-state index in [1.54, 1.807) is 0 Å². The maximum atomic E-state index is 9.46. The van der Waals surface area contributed by atoms with Crippen LogP contribution in [0.25, 0.3) is 17.7 Å². The molecule has 0 fully saturated rings. The number of nitriles is 2. The van der Waals surface area contributed by atoms with E-state index in [2.05, 4.69) is 72.0 Å². The standard InChI is InChI=1S/C20H13IN2/c1-2-13-3-4-14-5-6-15-7-8-17(21)10-19(15)20(18(14)9-13)16(11-22)12-23/h3-10H,2H2,1H3. The van der Waals surface area contributed by atoms with Crippen molar-refractivity contribution in [3.63, 3.8) is 0 Å². The van der Waals surface area contributed by atoms with Crippen LogP contribution < -0.4 is 0 Å². The predicted molar refractivity (Wildman–Crippen MR) is 101 cm³/mol. The molecule has 3 rings (SSSR count). The molecular formula is C20H13IN2. The molecule has 0 amide bonds. The predicted octanol–water partition coefficient (Wildman–Crippen LogP) is 5.19. The van der Waals surface area contributed by atoms with Crippen molar-refractivity contribution in [1.29, 1.82) is 10.5 Å². The van der Waals surface area contributed by atoms with Crippen LogP contribution in [0.1, 0.15) is 34.7 Å². The first-order valence-electron chi connectivity index (χ1n) is 7.33. The van der Waals surface area contributed by atoms with Crippen molar-refractivity contribution in [2.75, 3.05) is 0 Å². The lowest BCUT2D eigenvalue weighted by Gasteiger charge is -2.13. The van der Waals surface area contributed by atoms with E-state index in [1.165, 1.54) is 5.56 Å². The van der Waals surface area contributed by atoms with Crippen LogP contribution in [0.2, 0.25) is 0 Å². The number of nitrogens with zero attached hydrogens (tertiary/aromatic N) is 2. The molecule has 0 aromatic heterocycles. The van der Waals surface area contributed by atoms with Crippen molar-refractivity contribution in [3.05, 3.63) is 73.4 Å². The number of benzene rings is 2. The zero-order valence-electron chi connectivity index (χ0n) is 12.6. The van der Waals surface area contributed by atoms with Crippen molar-refractivity contribution in [2.24, 2.45) is 0 Å². The zero-order valence-corrected chi connectivity index (χ0v) is 14.8. The number of hydrogen-bond acceptors (Lipinski definition) is 2. The molecule has 0 bridgehead atoms. The average molecular weight is 408 g/mol. The monoisotopic (exact) mass is 408 g/mol. The molecule has 2 nitrogen and oxygen atoms in total. The zero-order chi connectivity index (χ0) is 16.4. The highest BCUT2D eigenvalue weighted by Crippen LogP contribution is 2.37. The number of hydrogen-bond donors (Lipinski definition) is 0. The van der Waals surface area contributed by atoms with Crippen molar-refractivity contribution in [2.45, 2.75) is 13.3 Å². The molecule has 0 saturated heterocycles. The van der Waals surface area contributed by atoms with Gasteiger partial charge in [0.1, 0.15) is 17.7 Å². The van der Waals surface area contributed by atoms with Crippen LogP contribution in [0.5, 0.6) is 0 Å². The molecule has 0 atom stereocenters. The van der Waals surface area contributed by atoms with E-state index in [-0.39, 0.29) is 5.57 Å². The number of halogens is 1. The molecule has 0 saturated carbocycles. The van der Waals surface area contributed by atoms with E-state index >= 15 is 0 Å². The molecular weight excluding hydrogens is 395 g/mol. The Bertz CT molecular complexity index is 921.